The molecule has 4 nitrogen and oxygen atoms in total. The van der Waals surface area contributed by atoms with Crippen LogP contribution in [-0.2, 0) is 4.79 Å². The average Bonchev–Trinajstić information content (AvgIpc) is 2.53. The first kappa shape index (κ1) is 14.9. The van der Waals surface area contributed by atoms with Crippen LogP contribution in [0.3, 0.4) is 0 Å². The fraction of sp³-hybridized carbons (Fsp3) is 0.562. The molecule has 0 aliphatic carbocycles. The molecule has 1 fully saturated rings. The minimum atomic E-state index is 0.0942. The molecule has 1 atom stereocenters. The van der Waals surface area contributed by atoms with Crippen molar-refractivity contribution in [3.05, 3.63) is 29.8 Å². The second-order valence-corrected chi connectivity index (χ2v) is 5.31. The maximum atomic E-state index is 12.0. The first-order valence-corrected chi connectivity index (χ1v) is 7.38. The molecule has 0 radical (unpaired) electrons. The summed E-state index contributed by atoms with van der Waals surface area (Å²) < 4.78 is 5.64. The van der Waals surface area contributed by atoms with Crippen LogP contribution >= 0.6 is 0 Å². The summed E-state index contributed by atoms with van der Waals surface area (Å²) in [6.45, 7) is 3.98. The smallest absolute Gasteiger partial charge is 0.260 e. The molecule has 1 aromatic carbocycles. The van der Waals surface area contributed by atoms with Crippen molar-refractivity contribution in [2.75, 3.05) is 26.7 Å². The van der Waals surface area contributed by atoms with Gasteiger partial charge in [0.25, 0.3) is 5.91 Å². The number of nitrogens with one attached hydrogen (secondary N) is 1. The lowest BCUT2D eigenvalue weighted by Crippen LogP contribution is -2.38. The standard InChI is InChI=1S/C16H24N2O2/c1-13(17-2)14-7-6-8-15(11-14)20-12-16(19)18-9-4-3-5-10-18/h6-8,11,13,17H,3-5,9-10,12H2,1-2H3. The summed E-state index contributed by atoms with van der Waals surface area (Å²) in [4.78, 5) is 13.9. The molecular weight excluding hydrogens is 252 g/mol. The van der Waals surface area contributed by atoms with E-state index < -0.39 is 0 Å². The third-order valence-electron chi connectivity index (χ3n) is 3.86. The predicted octanol–water partition coefficient (Wildman–Crippen LogP) is 2.36. The summed E-state index contributed by atoms with van der Waals surface area (Å²) in [7, 11) is 1.93. The highest BCUT2D eigenvalue weighted by atomic mass is 16.5. The van der Waals surface area contributed by atoms with E-state index in [2.05, 4.69) is 18.3 Å². The Morgan fingerprint density at radius 3 is 2.80 bits per heavy atom. The molecule has 1 aromatic rings. The number of hydrogen-bond acceptors (Lipinski definition) is 3. The first-order valence-electron chi connectivity index (χ1n) is 7.38. The number of carbonyl (C=O) groups is 1. The molecule has 0 saturated carbocycles. The monoisotopic (exact) mass is 276 g/mol. The van der Waals surface area contributed by atoms with Crippen LogP contribution in [0, 0.1) is 0 Å². The van der Waals surface area contributed by atoms with Gasteiger partial charge in [-0.25, -0.2) is 0 Å². The van der Waals surface area contributed by atoms with Crippen LogP contribution in [0.2, 0.25) is 0 Å². The lowest BCUT2D eigenvalue weighted by Gasteiger charge is -2.26. The van der Waals surface area contributed by atoms with Crippen molar-refractivity contribution in [2.24, 2.45) is 0 Å². The van der Waals surface area contributed by atoms with Crippen molar-refractivity contribution in [1.82, 2.24) is 10.2 Å². The SMILES string of the molecule is CNC(C)c1cccc(OCC(=O)N2CCCCC2)c1. The van der Waals surface area contributed by atoms with Crippen molar-refractivity contribution in [1.29, 1.82) is 0 Å². The van der Waals surface area contributed by atoms with Gasteiger partial charge in [-0.2, -0.15) is 0 Å². The fourth-order valence-electron chi connectivity index (χ4n) is 2.42. The molecule has 1 N–H and O–H groups in total. The number of piperidine rings is 1. The number of carbonyl (C=O) groups excluding carboxylic acids is 1. The van der Waals surface area contributed by atoms with Gasteiger partial charge in [0.05, 0.1) is 0 Å². The van der Waals surface area contributed by atoms with Crippen molar-refractivity contribution in [2.45, 2.75) is 32.2 Å². The molecule has 1 amide bonds. The number of benzene rings is 1. The molecule has 1 aliphatic rings. The van der Waals surface area contributed by atoms with Crippen molar-refractivity contribution in [3.63, 3.8) is 0 Å². The van der Waals surface area contributed by atoms with Gasteiger partial charge in [-0.3, -0.25) is 4.79 Å². The molecular formula is C16H24N2O2. The quantitative estimate of drug-likeness (QED) is 0.897. The van der Waals surface area contributed by atoms with E-state index in [1.807, 2.05) is 30.1 Å². The Labute approximate surface area is 121 Å². The topological polar surface area (TPSA) is 41.6 Å². The zero-order valence-electron chi connectivity index (χ0n) is 12.4. The highest BCUT2D eigenvalue weighted by molar-refractivity contribution is 5.77. The molecule has 1 heterocycles. The fourth-order valence-corrected chi connectivity index (χ4v) is 2.42. The van der Waals surface area contributed by atoms with Crippen LogP contribution < -0.4 is 10.1 Å². The van der Waals surface area contributed by atoms with Gasteiger partial charge in [0.15, 0.2) is 6.61 Å². The Bertz CT molecular complexity index is 442. The number of likely N-dealkylation sites (tertiary alicyclic amines) is 1. The molecule has 110 valence electrons. The van der Waals surface area contributed by atoms with E-state index in [1.165, 1.54) is 6.42 Å². The Hall–Kier alpha value is -1.55. The minimum Gasteiger partial charge on any atom is -0.484 e. The van der Waals surface area contributed by atoms with Gasteiger partial charge in [-0.1, -0.05) is 12.1 Å². The molecule has 0 bridgehead atoms. The van der Waals surface area contributed by atoms with Crippen molar-refractivity contribution >= 4 is 5.91 Å². The minimum absolute atomic E-state index is 0.0942. The van der Waals surface area contributed by atoms with Crippen LogP contribution in [0.1, 0.15) is 37.8 Å². The van der Waals surface area contributed by atoms with Crippen LogP contribution in [0.15, 0.2) is 24.3 Å². The highest BCUT2D eigenvalue weighted by Crippen LogP contribution is 2.19. The first-order chi connectivity index (χ1) is 9.70. The average molecular weight is 276 g/mol. The normalized spacial score (nSPS) is 16.8. The van der Waals surface area contributed by atoms with Crippen molar-refractivity contribution in [3.8, 4) is 5.75 Å². The zero-order valence-corrected chi connectivity index (χ0v) is 12.4. The molecule has 1 unspecified atom stereocenters. The van der Waals surface area contributed by atoms with E-state index in [-0.39, 0.29) is 18.6 Å². The molecule has 1 saturated heterocycles. The van der Waals surface area contributed by atoms with Crippen LogP contribution in [0.25, 0.3) is 0 Å². The Balaban J connectivity index is 1.88. The van der Waals surface area contributed by atoms with Crippen LogP contribution in [0.4, 0.5) is 0 Å². The molecule has 4 heteroatoms. The predicted molar refractivity (Wildman–Crippen MR) is 79.8 cm³/mol. The van der Waals surface area contributed by atoms with Gasteiger partial charge in [0, 0.05) is 19.1 Å². The zero-order chi connectivity index (χ0) is 14.4. The van der Waals surface area contributed by atoms with Gasteiger partial charge < -0.3 is 15.0 Å². The maximum Gasteiger partial charge on any atom is 0.260 e. The number of hydrogen-bond donors (Lipinski definition) is 1. The van der Waals surface area contributed by atoms with Gasteiger partial charge in [-0.05, 0) is 50.9 Å². The van der Waals surface area contributed by atoms with Crippen molar-refractivity contribution < 1.29 is 9.53 Å². The lowest BCUT2D eigenvalue weighted by molar-refractivity contribution is -0.134. The van der Waals surface area contributed by atoms with E-state index in [1.54, 1.807) is 0 Å². The number of rotatable bonds is 5. The summed E-state index contributed by atoms with van der Waals surface area (Å²) in [6.07, 6.45) is 3.45. The Morgan fingerprint density at radius 2 is 2.10 bits per heavy atom. The van der Waals surface area contributed by atoms with E-state index >= 15 is 0 Å². The summed E-state index contributed by atoms with van der Waals surface area (Å²) >= 11 is 0. The lowest BCUT2D eigenvalue weighted by atomic mass is 10.1. The number of amides is 1. The molecule has 0 aromatic heterocycles. The molecule has 1 aliphatic heterocycles. The molecule has 2 rings (SSSR count). The van der Waals surface area contributed by atoms with E-state index in [0.29, 0.717) is 0 Å². The Kier molecular flexibility index (Phi) is 5.41. The summed E-state index contributed by atoms with van der Waals surface area (Å²) in [6, 6.07) is 8.18. The Morgan fingerprint density at radius 1 is 1.35 bits per heavy atom. The van der Waals surface area contributed by atoms with E-state index in [0.717, 1.165) is 37.2 Å². The molecule has 0 spiro atoms. The maximum absolute atomic E-state index is 12.0. The van der Waals surface area contributed by atoms with Gasteiger partial charge >= 0.3 is 0 Å². The summed E-state index contributed by atoms with van der Waals surface area (Å²) in [5.74, 6) is 0.853. The van der Waals surface area contributed by atoms with Crippen LogP contribution in [-0.4, -0.2) is 37.6 Å². The van der Waals surface area contributed by atoms with E-state index in [4.69, 9.17) is 4.74 Å². The number of nitrogens with zero attached hydrogens (tertiary/aromatic N) is 1. The largest absolute Gasteiger partial charge is 0.484 e. The number of ether oxygens (including phenoxy) is 1. The summed E-state index contributed by atoms with van der Waals surface area (Å²) in [5, 5.41) is 3.19. The highest BCUT2D eigenvalue weighted by Gasteiger charge is 2.16. The third kappa shape index (κ3) is 3.97. The van der Waals surface area contributed by atoms with E-state index in [9.17, 15) is 4.79 Å². The third-order valence-corrected chi connectivity index (χ3v) is 3.86. The summed E-state index contributed by atoms with van der Waals surface area (Å²) in [5.41, 5.74) is 1.16. The second-order valence-electron chi connectivity index (χ2n) is 5.31. The molecule has 20 heavy (non-hydrogen) atoms. The van der Waals surface area contributed by atoms with Gasteiger partial charge in [0.2, 0.25) is 0 Å². The van der Waals surface area contributed by atoms with Gasteiger partial charge in [0.1, 0.15) is 5.75 Å². The van der Waals surface area contributed by atoms with Gasteiger partial charge in [-0.15, -0.1) is 0 Å². The van der Waals surface area contributed by atoms with Crippen LogP contribution in [0.5, 0.6) is 5.75 Å². The second kappa shape index (κ2) is 7.29.